The van der Waals surface area contributed by atoms with E-state index in [1.807, 2.05) is 0 Å². The van der Waals surface area contributed by atoms with Gasteiger partial charge in [0.2, 0.25) is 10.0 Å². The van der Waals surface area contributed by atoms with E-state index in [0.717, 1.165) is 6.07 Å². The third-order valence-corrected chi connectivity index (χ3v) is 3.42. The molecule has 0 saturated carbocycles. The number of rotatable bonds is 4. The van der Waals surface area contributed by atoms with Gasteiger partial charge in [-0.15, -0.1) is 0 Å². The van der Waals surface area contributed by atoms with Crippen LogP contribution in [-0.4, -0.2) is 33.7 Å². The molecule has 8 heteroatoms. The van der Waals surface area contributed by atoms with Crippen molar-refractivity contribution in [1.29, 1.82) is 0 Å². The van der Waals surface area contributed by atoms with Gasteiger partial charge in [-0.3, -0.25) is 0 Å². The van der Waals surface area contributed by atoms with Gasteiger partial charge >= 0.3 is 5.97 Å². The van der Waals surface area contributed by atoms with Crippen molar-refractivity contribution in [2.45, 2.75) is 11.8 Å². The second kappa shape index (κ2) is 4.83. The zero-order chi connectivity index (χ0) is 14.1. The highest BCUT2D eigenvalue weighted by Crippen LogP contribution is 2.38. The number of methoxy groups -OCH3 is 2. The molecule has 0 heterocycles. The molecule has 0 aliphatic rings. The Morgan fingerprint density at radius 2 is 1.78 bits per heavy atom. The molecule has 0 aliphatic carbocycles. The van der Waals surface area contributed by atoms with Crippen LogP contribution < -0.4 is 14.6 Å². The standard InChI is InChI=1S/C10H13NO6S/c1-5-7(18(11,14)15)4-6(10(12)13)9(17-3)8(5)16-2/h4H,1-3H3,(H,12,13)(H2,11,14,15). The molecule has 18 heavy (non-hydrogen) atoms. The number of carboxylic acid groups (broad SMARTS) is 1. The van der Waals surface area contributed by atoms with E-state index in [1.54, 1.807) is 0 Å². The van der Waals surface area contributed by atoms with Crippen molar-refractivity contribution < 1.29 is 27.8 Å². The Bertz CT molecular complexity index is 593. The summed E-state index contributed by atoms with van der Waals surface area (Å²) in [6.07, 6.45) is 0. The van der Waals surface area contributed by atoms with Crippen LogP contribution in [-0.2, 0) is 10.0 Å². The van der Waals surface area contributed by atoms with E-state index in [1.165, 1.54) is 21.1 Å². The molecule has 0 spiro atoms. The Hall–Kier alpha value is -1.80. The van der Waals surface area contributed by atoms with Crippen LogP contribution in [0.5, 0.6) is 11.5 Å². The number of hydrogen-bond acceptors (Lipinski definition) is 5. The lowest BCUT2D eigenvalue weighted by Crippen LogP contribution is -2.16. The minimum absolute atomic E-state index is 0.0291. The second-order valence-corrected chi connectivity index (χ2v) is 4.99. The highest BCUT2D eigenvalue weighted by atomic mass is 32.2. The summed E-state index contributed by atoms with van der Waals surface area (Å²) in [7, 11) is -1.50. The molecule has 0 bridgehead atoms. The number of carboxylic acids is 1. The third kappa shape index (κ3) is 2.39. The highest BCUT2D eigenvalue weighted by Gasteiger charge is 2.25. The van der Waals surface area contributed by atoms with Gasteiger partial charge in [-0.05, 0) is 13.0 Å². The maximum absolute atomic E-state index is 11.4. The van der Waals surface area contributed by atoms with Gasteiger partial charge in [0.15, 0.2) is 11.5 Å². The molecular formula is C10H13NO6S. The molecule has 0 aromatic heterocycles. The van der Waals surface area contributed by atoms with Crippen LogP contribution in [0.4, 0.5) is 0 Å². The third-order valence-electron chi connectivity index (χ3n) is 2.38. The van der Waals surface area contributed by atoms with Crippen molar-refractivity contribution in [3.05, 3.63) is 17.2 Å². The molecule has 1 rings (SSSR count). The van der Waals surface area contributed by atoms with Crippen LogP contribution in [0.25, 0.3) is 0 Å². The molecule has 7 nitrogen and oxygen atoms in total. The Kier molecular flexibility index (Phi) is 3.82. The fraction of sp³-hybridized carbons (Fsp3) is 0.300. The fourth-order valence-electron chi connectivity index (χ4n) is 1.61. The highest BCUT2D eigenvalue weighted by molar-refractivity contribution is 7.89. The van der Waals surface area contributed by atoms with Gasteiger partial charge < -0.3 is 14.6 Å². The minimum Gasteiger partial charge on any atom is -0.493 e. The van der Waals surface area contributed by atoms with Gasteiger partial charge in [0.25, 0.3) is 0 Å². The summed E-state index contributed by atoms with van der Waals surface area (Å²) in [5, 5.41) is 14.1. The first kappa shape index (κ1) is 14.3. The number of primary sulfonamides is 1. The first-order chi connectivity index (χ1) is 8.23. The van der Waals surface area contributed by atoms with Gasteiger partial charge in [-0.25, -0.2) is 18.4 Å². The Morgan fingerprint density at radius 3 is 2.11 bits per heavy atom. The molecule has 100 valence electrons. The summed E-state index contributed by atoms with van der Waals surface area (Å²) in [4.78, 5) is 10.8. The average Bonchev–Trinajstić information content (AvgIpc) is 2.25. The summed E-state index contributed by atoms with van der Waals surface area (Å²) in [6, 6.07) is 0.953. The SMILES string of the molecule is COc1c(C(=O)O)cc(S(N)(=O)=O)c(C)c1OC. The summed E-state index contributed by atoms with van der Waals surface area (Å²) >= 11 is 0. The zero-order valence-corrected chi connectivity index (χ0v) is 10.9. The summed E-state index contributed by atoms with van der Waals surface area (Å²) in [5.74, 6) is -1.36. The van der Waals surface area contributed by atoms with E-state index in [2.05, 4.69) is 0 Å². The molecule has 0 radical (unpaired) electrons. The molecule has 1 aromatic carbocycles. The number of sulfonamides is 1. The molecule has 0 atom stereocenters. The normalized spacial score (nSPS) is 11.1. The number of aromatic carboxylic acids is 1. The molecule has 1 aromatic rings. The average molecular weight is 275 g/mol. The number of carbonyl (C=O) groups is 1. The Morgan fingerprint density at radius 1 is 1.28 bits per heavy atom. The van der Waals surface area contributed by atoms with Crippen molar-refractivity contribution in [3.63, 3.8) is 0 Å². The zero-order valence-electron chi connectivity index (χ0n) is 10.1. The molecule has 0 fully saturated rings. The van der Waals surface area contributed by atoms with Crippen molar-refractivity contribution in [3.8, 4) is 11.5 Å². The van der Waals surface area contributed by atoms with Crippen LogP contribution in [0, 0.1) is 6.92 Å². The van der Waals surface area contributed by atoms with Gasteiger partial charge in [-0.2, -0.15) is 0 Å². The predicted octanol–water partition coefficient (Wildman–Crippen LogP) is 0.358. The first-order valence-corrected chi connectivity index (χ1v) is 6.30. The molecule has 0 saturated heterocycles. The van der Waals surface area contributed by atoms with Crippen molar-refractivity contribution in [1.82, 2.24) is 0 Å². The summed E-state index contributed by atoms with van der Waals surface area (Å²) < 4.78 is 32.7. The Balaban J connectivity index is 3.81. The second-order valence-electron chi connectivity index (χ2n) is 3.46. The lowest BCUT2D eigenvalue weighted by molar-refractivity contribution is 0.0692. The number of ether oxygens (including phenoxy) is 2. The van der Waals surface area contributed by atoms with E-state index in [-0.39, 0.29) is 27.5 Å². The van der Waals surface area contributed by atoms with Crippen molar-refractivity contribution >= 4 is 16.0 Å². The predicted molar refractivity (Wildman–Crippen MR) is 62.6 cm³/mol. The number of benzene rings is 1. The molecular weight excluding hydrogens is 262 g/mol. The van der Waals surface area contributed by atoms with Crippen LogP contribution in [0.2, 0.25) is 0 Å². The van der Waals surface area contributed by atoms with Crippen LogP contribution in [0.3, 0.4) is 0 Å². The van der Waals surface area contributed by atoms with Crippen LogP contribution in [0.1, 0.15) is 15.9 Å². The Labute approximate surface area is 104 Å². The van der Waals surface area contributed by atoms with Crippen molar-refractivity contribution in [2.75, 3.05) is 14.2 Å². The fourth-order valence-corrected chi connectivity index (χ4v) is 2.41. The molecule has 3 N–H and O–H groups in total. The smallest absolute Gasteiger partial charge is 0.339 e. The number of hydrogen-bond donors (Lipinski definition) is 2. The van der Waals surface area contributed by atoms with Crippen molar-refractivity contribution in [2.24, 2.45) is 5.14 Å². The monoisotopic (exact) mass is 275 g/mol. The number of nitrogens with two attached hydrogens (primary N) is 1. The summed E-state index contributed by atoms with van der Waals surface area (Å²) in [6.45, 7) is 1.45. The van der Waals surface area contributed by atoms with E-state index < -0.39 is 16.0 Å². The van der Waals surface area contributed by atoms with Crippen LogP contribution >= 0.6 is 0 Å². The van der Waals surface area contributed by atoms with Gasteiger partial charge in [0.05, 0.1) is 19.1 Å². The quantitative estimate of drug-likeness (QED) is 0.819. The lowest BCUT2D eigenvalue weighted by Gasteiger charge is -2.15. The van der Waals surface area contributed by atoms with E-state index >= 15 is 0 Å². The largest absolute Gasteiger partial charge is 0.493 e. The lowest BCUT2D eigenvalue weighted by atomic mass is 10.1. The topological polar surface area (TPSA) is 116 Å². The maximum atomic E-state index is 11.4. The van der Waals surface area contributed by atoms with Crippen LogP contribution in [0.15, 0.2) is 11.0 Å². The molecule has 0 unspecified atom stereocenters. The van der Waals surface area contributed by atoms with Gasteiger partial charge in [0.1, 0.15) is 5.56 Å². The maximum Gasteiger partial charge on any atom is 0.339 e. The van der Waals surface area contributed by atoms with E-state index in [4.69, 9.17) is 19.7 Å². The minimum atomic E-state index is -4.05. The van der Waals surface area contributed by atoms with Gasteiger partial charge in [0, 0.05) is 5.56 Å². The molecule has 0 aliphatic heterocycles. The molecule has 0 amide bonds. The van der Waals surface area contributed by atoms with E-state index in [0.29, 0.717) is 0 Å². The van der Waals surface area contributed by atoms with E-state index in [9.17, 15) is 13.2 Å². The summed E-state index contributed by atoms with van der Waals surface area (Å²) in [5.41, 5.74) is -0.133. The van der Waals surface area contributed by atoms with Gasteiger partial charge in [-0.1, -0.05) is 0 Å². The first-order valence-electron chi connectivity index (χ1n) is 4.75.